The molecule has 6 heteroatoms. The molecular weight excluding hydrogens is 194 g/mol. The van der Waals surface area contributed by atoms with Crippen molar-refractivity contribution < 1.29 is 9.90 Å². The Morgan fingerprint density at radius 2 is 2.38 bits per heavy atom. The Balaban J connectivity index is 2.82. The van der Waals surface area contributed by atoms with Crippen molar-refractivity contribution in [1.82, 2.24) is 15.0 Å². The van der Waals surface area contributed by atoms with E-state index in [0.717, 1.165) is 0 Å². The van der Waals surface area contributed by atoms with Crippen LogP contribution >= 0.6 is 11.6 Å². The van der Waals surface area contributed by atoms with Crippen LogP contribution in [0.25, 0.3) is 11.0 Å². The third-order valence-electron chi connectivity index (χ3n) is 1.57. The molecule has 2 aromatic rings. The predicted molar refractivity (Wildman–Crippen MR) is 45.9 cm³/mol. The highest BCUT2D eigenvalue weighted by Gasteiger charge is 2.12. The lowest BCUT2D eigenvalue weighted by molar-refractivity contribution is 0.0692. The van der Waals surface area contributed by atoms with Gasteiger partial charge in [-0.2, -0.15) is 0 Å². The lowest BCUT2D eigenvalue weighted by atomic mass is 10.3. The van der Waals surface area contributed by atoms with E-state index in [1.165, 1.54) is 6.20 Å². The Morgan fingerprint density at radius 3 is 3.08 bits per heavy atom. The van der Waals surface area contributed by atoms with Crippen LogP contribution in [0.5, 0.6) is 0 Å². The maximum absolute atomic E-state index is 10.7. The number of aromatic carboxylic acids is 1. The molecule has 0 aromatic carbocycles. The molecule has 0 aliphatic rings. The third kappa shape index (κ3) is 1.23. The van der Waals surface area contributed by atoms with Gasteiger partial charge in [0, 0.05) is 6.20 Å². The van der Waals surface area contributed by atoms with Gasteiger partial charge in [0.25, 0.3) is 0 Å². The Bertz CT molecular complexity index is 480. The highest BCUT2D eigenvalue weighted by Crippen LogP contribution is 2.16. The van der Waals surface area contributed by atoms with Gasteiger partial charge in [0.15, 0.2) is 5.69 Å². The van der Waals surface area contributed by atoms with Gasteiger partial charge in [0.05, 0.1) is 5.52 Å². The summed E-state index contributed by atoms with van der Waals surface area (Å²) < 4.78 is 0. The molecular formula is C7H4ClN3O2. The van der Waals surface area contributed by atoms with Gasteiger partial charge >= 0.3 is 5.97 Å². The van der Waals surface area contributed by atoms with Crippen molar-refractivity contribution in [2.75, 3.05) is 0 Å². The monoisotopic (exact) mass is 197 g/mol. The molecule has 0 fully saturated rings. The lowest BCUT2D eigenvalue weighted by Crippen LogP contribution is -2.00. The zero-order valence-electron chi connectivity index (χ0n) is 6.28. The first-order valence-corrected chi connectivity index (χ1v) is 3.80. The number of hydrogen-bond donors (Lipinski definition) is 2. The summed E-state index contributed by atoms with van der Waals surface area (Å²) in [7, 11) is 0. The van der Waals surface area contributed by atoms with Crippen LogP contribution < -0.4 is 0 Å². The average Bonchev–Trinajstić information content (AvgIpc) is 2.43. The number of nitrogens with one attached hydrogen (secondary N) is 1. The number of pyridine rings is 1. The molecule has 0 atom stereocenters. The van der Waals surface area contributed by atoms with E-state index in [1.807, 2.05) is 0 Å². The molecule has 0 aliphatic heterocycles. The Hall–Kier alpha value is -1.62. The zero-order chi connectivity index (χ0) is 9.42. The molecule has 5 nitrogen and oxygen atoms in total. The number of halogens is 1. The van der Waals surface area contributed by atoms with Gasteiger partial charge in [-0.25, -0.2) is 14.8 Å². The molecule has 2 rings (SSSR count). The summed E-state index contributed by atoms with van der Waals surface area (Å²) in [6.45, 7) is 0. The maximum Gasteiger partial charge on any atom is 0.356 e. The van der Waals surface area contributed by atoms with E-state index in [-0.39, 0.29) is 16.5 Å². The first-order chi connectivity index (χ1) is 6.18. The number of H-pyrrole nitrogens is 1. The highest BCUT2D eigenvalue weighted by atomic mass is 35.5. The van der Waals surface area contributed by atoms with Gasteiger partial charge in [-0.05, 0) is 17.7 Å². The molecule has 0 saturated heterocycles. The number of carboxylic acid groups (broad SMARTS) is 1. The van der Waals surface area contributed by atoms with Gasteiger partial charge in [-0.3, -0.25) is 0 Å². The number of carboxylic acids is 1. The number of imidazole rings is 1. The Labute approximate surface area is 77.4 Å². The molecule has 0 spiro atoms. The first kappa shape index (κ1) is 8.00. The van der Waals surface area contributed by atoms with Crippen molar-refractivity contribution in [3.05, 3.63) is 23.2 Å². The minimum Gasteiger partial charge on any atom is -0.476 e. The van der Waals surface area contributed by atoms with Crippen LogP contribution in [0.3, 0.4) is 0 Å². The summed E-state index contributed by atoms with van der Waals surface area (Å²) in [6.07, 6.45) is 1.39. The molecule has 0 saturated carbocycles. The average molecular weight is 198 g/mol. The molecule has 13 heavy (non-hydrogen) atoms. The number of aromatic nitrogens is 3. The summed E-state index contributed by atoms with van der Waals surface area (Å²) in [6, 6.07) is 1.61. The fraction of sp³-hybridized carbons (Fsp3) is 0. The number of rotatable bonds is 1. The number of fused-ring (bicyclic) bond motifs is 1. The van der Waals surface area contributed by atoms with E-state index in [4.69, 9.17) is 16.7 Å². The molecule has 0 unspecified atom stereocenters. The van der Waals surface area contributed by atoms with E-state index in [9.17, 15) is 4.79 Å². The SMILES string of the molecule is O=C(O)c1nccc2[nH]c(Cl)nc12. The Morgan fingerprint density at radius 1 is 1.62 bits per heavy atom. The fourth-order valence-corrected chi connectivity index (χ4v) is 1.25. The standard InChI is InChI=1S/C7H4ClN3O2/c8-7-10-3-1-2-9-5(6(12)13)4(3)11-7/h1-2H,(H,10,11)(H,12,13). The molecule has 0 bridgehead atoms. The summed E-state index contributed by atoms with van der Waals surface area (Å²) >= 11 is 5.57. The topological polar surface area (TPSA) is 78.9 Å². The van der Waals surface area contributed by atoms with Crippen LogP contribution in [0.1, 0.15) is 10.5 Å². The van der Waals surface area contributed by atoms with Gasteiger partial charge < -0.3 is 10.1 Å². The van der Waals surface area contributed by atoms with Crippen LogP contribution in [0.2, 0.25) is 5.28 Å². The van der Waals surface area contributed by atoms with E-state index >= 15 is 0 Å². The third-order valence-corrected chi connectivity index (χ3v) is 1.75. The second kappa shape index (κ2) is 2.70. The van der Waals surface area contributed by atoms with E-state index in [0.29, 0.717) is 5.52 Å². The number of hydrogen-bond acceptors (Lipinski definition) is 3. The molecule has 66 valence electrons. The number of carbonyl (C=O) groups is 1. The maximum atomic E-state index is 10.7. The summed E-state index contributed by atoms with van der Waals surface area (Å²) in [5, 5.41) is 8.89. The quantitative estimate of drug-likeness (QED) is 0.723. The van der Waals surface area contributed by atoms with Crippen molar-refractivity contribution in [3.63, 3.8) is 0 Å². The van der Waals surface area contributed by atoms with E-state index in [1.54, 1.807) is 6.07 Å². The van der Waals surface area contributed by atoms with Crippen LogP contribution in [-0.4, -0.2) is 26.0 Å². The predicted octanol–water partition coefficient (Wildman–Crippen LogP) is 1.31. The van der Waals surface area contributed by atoms with Crippen LogP contribution in [-0.2, 0) is 0 Å². The molecule has 0 aliphatic carbocycles. The summed E-state index contributed by atoms with van der Waals surface area (Å²) in [4.78, 5) is 20.8. The molecule has 2 heterocycles. The van der Waals surface area contributed by atoms with Gasteiger partial charge in [0.2, 0.25) is 5.28 Å². The second-order valence-electron chi connectivity index (χ2n) is 2.39. The first-order valence-electron chi connectivity index (χ1n) is 3.42. The van der Waals surface area contributed by atoms with Gasteiger partial charge in [-0.15, -0.1) is 0 Å². The van der Waals surface area contributed by atoms with Crippen molar-refractivity contribution in [2.45, 2.75) is 0 Å². The molecule has 0 amide bonds. The van der Waals surface area contributed by atoms with E-state index < -0.39 is 5.97 Å². The van der Waals surface area contributed by atoms with E-state index in [2.05, 4.69) is 15.0 Å². The molecule has 2 aromatic heterocycles. The normalized spacial score (nSPS) is 10.5. The summed E-state index contributed by atoms with van der Waals surface area (Å²) in [5.41, 5.74) is 0.748. The van der Waals surface area contributed by atoms with Crippen molar-refractivity contribution in [2.24, 2.45) is 0 Å². The van der Waals surface area contributed by atoms with Crippen LogP contribution in [0.4, 0.5) is 0 Å². The smallest absolute Gasteiger partial charge is 0.356 e. The highest BCUT2D eigenvalue weighted by molar-refractivity contribution is 6.29. The van der Waals surface area contributed by atoms with Gasteiger partial charge in [0.1, 0.15) is 5.52 Å². The van der Waals surface area contributed by atoms with Crippen molar-refractivity contribution >= 4 is 28.6 Å². The molecule has 2 N–H and O–H groups in total. The van der Waals surface area contributed by atoms with Crippen molar-refractivity contribution in [1.29, 1.82) is 0 Å². The lowest BCUT2D eigenvalue weighted by Gasteiger charge is -1.92. The van der Waals surface area contributed by atoms with Crippen LogP contribution in [0.15, 0.2) is 12.3 Å². The summed E-state index contributed by atoms with van der Waals surface area (Å²) in [5.74, 6) is -1.12. The largest absolute Gasteiger partial charge is 0.476 e. The van der Waals surface area contributed by atoms with Crippen LogP contribution in [0, 0.1) is 0 Å². The Kier molecular flexibility index (Phi) is 1.66. The zero-order valence-corrected chi connectivity index (χ0v) is 7.04. The van der Waals surface area contributed by atoms with Crippen molar-refractivity contribution in [3.8, 4) is 0 Å². The fourth-order valence-electron chi connectivity index (χ4n) is 1.06. The number of aromatic amines is 1. The minimum absolute atomic E-state index is 0.0966. The minimum atomic E-state index is -1.12. The molecule has 0 radical (unpaired) electrons. The second-order valence-corrected chi connectivity index (χ2v) is 2.75. The number of nitrogens with zero attached hydrogens (tertiary/aromatic N) is 2. The van der Waals surface area contributed by atoms with Gasteiger partial charge in [-0.1, -0.05) is 0 Å².